The number of nitrogens with two attached hydrogens (primary N) is 2. The number of thioether (sulfide) groups is 1. The van der Waals surface area contributed by atoms with Crippen LogP contribution in [-0.4, -0.2) is 89.3 Å². The zero-order valence-corrected chi connectivity index (χ0v) is 34.0. The van der Waals surface area contributed by atoms with E-state index in [-0.39, 0.29) is 13.2 Å². The van der Waals surface area contributed by atoms with E-state index < -0.39 is 36.3 Å². The van der Waals surface area contributed by atoms with E-state index in [1.807, 2.05) is 41.8 Å². The summed E-state index contributed by atoms with van der Waals surface area (Å²) < 4.78 is 74.5. The first kappa shape index (κ1) is 49.7. The van der Waals surface area contributed by atoms with E-state index in [0.717, 1.165) is 42.2 Å². The second-order valence-electron chi connectivity index (χ2n) is 12.4. The molecule has 5 rings (SSSR count). The van der Waals surface area contributed by atoms with E-state index in [0.29, 0.717) is 69.0 Å². The number of benzene rings is 2. The molecular weight excluding hydrogens is 880 g/mol. The number of nitriles is 2. The predicted molar refractivity (Wildman–Crippen MR) is 213 cm³/mol. The summed E-state index contributed by atoms with van der Waals surface area (Å²) in [5.74, 6) is -4.35. The fourth-order valence-electron chi connectivity index (χ4n) is 5.14. The summed E-state index contributed by atoms with van der Waals surface area (Å²) >= 11 is 9.03. The second kappa shape index (κ2) is 23.4. The Balaban J connectivity index is 0.000000609. The standard InChI is InChI=1S/C34H34ClN7O3S2.2C2HF3O2/c35-24-9-5-23(6-10-24)32-40-25(20-46-32)21-47-33-28(19-38)30(27(18-37)31(41-33)42-14-1-2-15-42)22-7-11-26(12-8-22)44-16-17-45-34(43)29(39)4-3-13-36;2*3-2(4,5)1(6)7/h5-12,20,29H,1-4,13-17,21,36,39H2;2*(H,6,7)/t29-;;/m0../s1. The molecule has 0 unspecified atom stereocenters. The van der Waals surface area contributed by atoms with Gasteiger partial charge in [0.2, 0.25) is 0 Å². The molecule has 6 N–H and O–H groups in total. The molecule has 3 heterocycles. The van der Waals surface area contributed by atoms with Gasteiger partial charge in [-0.05, 0) is 62.1 Å². The predicted octanol–water partition coefficient (Wildman–Crippen LogP) is 7.42. The largest absolute Gasteiger partial charge is 0.490 e. The third kappa shape index (κ3) is 15.4. The summed E-state index contributed by atoms with van der Waals surface area (Å²) in [5, 5.41) is 39.1. The van der Waals surface area contributed by atoms with Crippen molar-refractivity contribution in [1.82, 2.24) is 9.97 Å². The van der Waals surface area contributed by atoms with E-state index in [2.05, 4.69) is 17.0 Å². The van der Waals surface area contributed by atoms with E-state index in [1.54, 1.807) is 23.5 Å². The summed E-state index contributed by atoms with van der Waals surface area (Å²) in [6.07, 6.45) is -7.03. The van der Waals surface area contributed by atoms with Gasteiger partial charge in [0.05, 0.1) is 11.3 Å². The Morgan fingerprint density at radius 1 is 0.902 bits per heavy atom. The third-order valence-corrected chi connectivity index (χ3v) is 10.2. The van der Waals surface area contributed by atoms with Crippen LogP contribution in [0.15, 0.2) is 58.9 Å². The van der Waals surface area contributed by atoms with Gasteiger partial charge in [0, 0.05) is 40.4 Å². The zero-order chi connectivity index (χ0) is 45.3. The number of pyridine rings is 1. The highest BCUT2D eigenvalue weighted by atomic mass is 35.5. The second-order valence-corrected chi connectivity index (χ2v) is 14.7. The summed E-state index contributed by atoms with van der Waals surface area (Å²) in [6.45, 7) is 2.25. The summed E-state index contributed by atoms with van der Waals surface area (Å²) in [7, 11) is 0. The van der Waals surface area contributed by atoms with E-state index in [9.17, 15) is 41.7 Å². The quantitative estimate of drug-likeness (QED) is 0.0417. The summed E-state index contributed by atoms with van der Waals surface area (Å²) in [6, 6.07) is 18.7. The fraction of sp³-hybridized carbons (Fsp3) is 0.342. The number of aromatic nitrogens is 2. The number of aliphatic carboxylic acids is 2. The lowest BCUT2D eigenvalue weighted by Crippen LogP contribution is -2.33. The number of hydrogen-bond acceptors (Lipinski definition) is 14. The maximum absolute atomic E-state index is 12.0. The number of nitrogens with zero attached hydrogens (tertiary/aromatic N) is 5. The molecular formula is C38H36ClF6N7O7S2. The Bertz CT molecular complexity index is 2170. The number of carboxylic acids is 2. The van der Waals surface area contributed by atoms with Crippen molar-refractivity contribution < 1.29 is 60.4 Å². The molecule has 0 aliphatic carbocycles. The highest BCUT2D eigenvalue weighted by Crippen LogP contribution is 2.40. The molecule has 23 heteroatoms. The van der Waals surface area contributed by atoms with Crippen molar-refractivity contribution in [1.29, 1.82) is 10.5 Å². The fourth-order valence-corrected chi connectivity index (χ4v) is 7.07. The molecule has 14 nitrogen and oxygen atoms in total. The van der Waals surface area contributed by atoms with Crippen LogP contribution in [0.25, 0.3) is 21.7 Å². The first-order valence-electron chi connectivity index (χ1n) is 17.7. The smallest absolute Gasteiger partial charge is 0.490 e. The number of anilines is 1. The number of hydrogen-bond donors (Lipinski definition) is 4. The van der Waals surface area contributed by atoms with Gasteiger partial charge in [-0.2, -0.15) is 36.9 Å². The van der Waals surface area contributed by atoms with Gasteiger partial charge in [-0.3, -0.25) is 4.79 Å². The lowest BCUT2D eigenvalue weighted by molar-refractivity contribution is -0.193. The van der Waals surface area contributed by atoms with Crippen LogP contribution in [0.2, 0.25) is 5.02 Å². The minimum absolute atomic E-state index is 0.0540. The number of alkyl halides is 6. The highest BCUT2D eigenvalue weighted by molar-refractivity contribution is 7.98. The van der Waals surface area contributed by atoms with Crippen molar-refractivity contribution in [3.05, 3.63) is 75.8 Å². The molecule has 2 aromatic heterocycles. The van der Waals surface area contributed by atoms with Crippen LogP contribution in [0.5, 0.6) is 5.75 Å². The monoisotopic (exact) mass is 915 g/mol. The molecule has 326 valence electrons. The van der Waals surface area contributed by atoms with Crippen LogP contribution in [-0.2, 0) is 24.9 Å². The number of thiazole rings is 1. The topological polar surface area (TPSA) is 239 Å². The number of carboxylic acid groups (broad SMARTS) is 2. The lowest BCUT2D eigenvalue weighted by Gasteiger charge is -2.22. The van der Waals surface area contributed by atoms with E-state index >= 15 is 0 Å². The third-order valence-electron chi connectivity index (χ3n) is 8.02. The number of carbonyl (C=O) groups excluding carboxylic acids is 1. The van der Waals surface area contributed by atoms with Crippen molar-refractivity contribution in [2.24, 2.45) is 11.5 Å². The molecule has 1 aliphatic heterocycles. The Kier molecular flexibility index (Phi) is 19.0. The van der Waals surface area contributed by atoms with Crippen molar-refractivity contribution in [3.63, 3.8) is 0 Å². The summed E-state index contributed by atoms with van der Waals surface area (Å²) in [5.41, 5.74) is 15.1. The van der Waals surface area contributed by atoms with Gasteiger partial charge >= 0.3 is 30.3 Å². The first-order chi connectivity index (χ1) is 28.8. The minimum Gasteiger partial charge on any atom is -0.490 e. The molecule has 0 bridgehead atoms. The molecule has 61 heavy (non-hydrogen) atoms. The van der Waals surface area contributed by atoms with Crippen molar-refractivity contribution >= 4 is 58.4 Å². The molecule has 2 aromatic carbocycles. The number of ether oxygens (including phenoxy) is 2. The zero-order valence-electron chi connectivity index (χ0n) is 31.6. The molecule has 0 spiro atoms. The van der Waals surface area contributed by atoms with Crippen LogP contribution in [0.4, 0.5) is 32.2 Å². The number of rotatable bonds is 14. The maximum Gasteiger partial charge on any atom is 0.490 e. The van der Waals surface area contributed by atoms with E-state index in [1.165, 1.54) is 11.8 Å². The minimum atomic E-state index is -5.08. The number of halogens is 7. The lowest BCUT2D eigenvalue weighted by atomic mass is 9.96. The molecule has 0 radical (unpaired) electrons. The van der Waals surface area contributed by atoms with Gasteiger partial charge in [0.15, 0.2) is 0 Å². The van der Waals surface area contributed by atoms with E-state index in [4.69, 9.17) is 62.3 Å². The average Bonchev–Trinajstić information content (AvgIpc) is 3.94. The van der Waals surface area contributed by atoms with Crippen LogP contribution < -0.4 is 21.1 Å². The molecule has 0 amide bonds. The molecule has 1 atom stereocenters. The molecule has 0 saturated carbocycles. The van der Waals surface area contributed by atoms with Gasteiger partial charge in [-0.15, -0.1) is 11.3 Å². The Labute approximate surface area is 357 Å². The highest BCUT2D eigenvalue weighted by Gasteiger charge is 2.39. The van der Waals surface area contributed by atoms with Crippen LogP contribution >= 0.6 is 34.7 Å². The van der Waals surface area contributed by atoms with Crippen molar-refractivity contribution in [3.8, 4) is 39.6 Å². The maximum atomic E-state index is 12.0. The molecule has 4 aromatic rings. The molecule has 1 aliphatic rings. The van der Waals surface area contributed by atoms with Gasteiger partial charge < -0.3 is 36.1 Å². The average molecular weight is 916 g/mol. The van der Waals surface area contributed by atoms with Crippen LogP contribution in [0, 0.1) is 22.7 Å². The van der Waals surface area contributed by atoms with Crippen LogP contribution in [0.3, 0.4) is 0 Å². The molecule has 1 saturated heterocycles. The van der Waals surface area contributed by atoms with Gasteiger partial charge in [-0.1, -0.05) is 47.6 Å². The molecule has 1 fully saturated rings. The number of esters is 1. The van der Waals surface area contributed by atoms with Gasteiger partial charge in [-0.25, -0.2) is 19.6 Å². The first-order valence-corrected chi connectivity index (χ1v) is 20.0. The van der Waals surface area contributed by atoms with Crippen molar-refractivity contribution in [2.45, 2.75) is 54.9 Å². The van der Waals surface area contributed by atoms with Crippen molar-refractivity contribution in [2.75, 3.05) is 37.7 Å². The Hall–Kier alpha value is -5.65. The van der Waals surface area contributed by atoms with Gasteiger partial charge in [0.1, 0.15) is 58.6 Å². The number of carbonyl (C=O) groups is 3. The summed E-state index contributed by atoms with van der Waals surface area (Å²) in [4.78, 5) is 41.6. The van der Waals surface area contributed by atoms with Crippen LogP contribution in [0.1, 0.15) is 42.5 Å². The van der Waals surface area contributed by atoms with Gasteiger partial charge in [0.25, 0.3) is 0 Å². The Morgan fingerprint density at radius 3 is 1.98 bits per heavy atom. The normalized spacial score (nSPS) is 12.7. The SMILES string of the molecule is N#Cc1c(SCc2csc(-c3ccc(Cl)cc3)n2)nc(N2CCCC2)c(C#N)c1-c1ccc(OCCOC(=O)[C@@H](N)CCCN)cc1.O=C(O)C(F)(F)F.O=C(O)C(F)(F)F. The Morgan fingerprint density at radius 2 is 1.46 bits per heavy atom.